The van der Waals surface area contributed by atoms with Crippen molar-refractivity contribution < 1.29 is 14.4 Å². The maximum absolute atomic E-state index is 10.7. The van der Waals surface area contributed by atoms with Gasteiger partial charge in [0.2, 0.25) is 0 Å². The number of carboxylic acids is 1. The molecule has 0 saturated heterocycles. The van der Waals surface area contributed by atoms with Gasteiger partial charge in [0.05, 0.1) is 5.92 Å². The van der Waals surface area contributed by atoms with E-state index in [-0.39, 0.29) is 0 Å². The fourth-order valence-electron chi connectivity index (χ4n) is 1.48. The van der Waals surface area contributed by atoms with Crippen molar-refractivity contribution >= 4 is 32.8 Å². The van der Waals surface area contributed by atoms with Gasteiger partial charge in [-0.1, -0.05) is 28.0 Å². The first-order chi connectivity index (χ1) is 7.58. The molecule has 16 heavy (non-hydrogen) atoms. The van der Waals surface area contributed by atoms with E-state index in [1.807, 2.05) is 18.2 Å². The molecular weight excluding hydrogens is 274 g/mol. The van der Waals surface area contributed by atoms with Crippen molar-refractivity contribution in [1.82, 2.24) is 5.16 Å². The van der Waals surface area contributed by atoms with Crippen LogP contribution >= 0.6 is 15.9 Å². The molecule has 84 valence electrons. The zero-order valence-corrected chi connectivity index (χ0v) is 10.2. The number of fused-ring (bicyclic) bond motifs is 1. The minimum atomic E-state index is -0.832. The molecule has 0 aliphatic rings. The van der Waals surface area contributed by atoms with Crippen molar-refractivity contribution in [3.05, 3.63) is 28.4 Å². The summed E-state index contributed by atoms with van der Waals surface area (Å²) in [5.74, 6) is -0.682. The average Bonchev–Trinajstić information content (AvgIpc) is 2.60. The second-order valence-electron chi connectivity index (χ2n) is 3.71. The van der Waals surface area contributed by atoms with Crippen LogP contribution in [0.4, 0.5) is 0 Å². The molecule has 0 aliphatic heterocycles. The molecular formula is C11H10BrNO3. The fraction of sp³-hybridized carbons (Fsp3) is 0.273. The molecule has 1 unspecified atom stereocenters. The van der Waals surface area contributed by atoms with E-state index in [4.69, 9.17) is 9.63 Å². The number of nitrogens with zero attached hydrogens (tertiary/aromatic N) is 1. The third kappa shape index (κ3) is 2.09. The molecule has 0 saturated carbocycles. The number of aromatic nitrogens is 1. The van der Waals surface area contributed by atoms with Gasteiger partial charge in [0.25, 0.3) is 0 Å². The number of benzene rings is 1. The summed E-state index contributed by atoms with van der Waals surface area (Å²) in [5.41, 5.74) is 0.738. The van der Waals surface area contributed by atoms with Crippen LogP contribution < -0.4 is 0 Å². The normalized spacial score (nSPS) is 12.9. The molecule has 1 N–H and O–H groups in total. The Labute approximate surface area is 100 Å². The Morgan fingerprint density at radius 1 is 1.62 bits per heavy atom. The highest BCUT2D eigenvalue weighted by atomic mass is 79.9. The molecule has 1 aromatic heterocycles. The third-order valence-electron chi connectivity index (χ3n) is 2.43. The lowest BCUT2D eigenvalue weighted by Gasteiger charge is -2.02. The van der Waals surface area contributed by atoms with E-state index in [1.165, 1.54) is 0 Å². The smallest absolute Gasteiger partial charge is 0.306 e. The van der Waals surface area contributed by atoms with E-state index in [9.17, 15) is 4.79 Å². The Kier molecular flexibility index (Phi) is 2.96. The molecule has 2 aromatic rings. The van der Waals surface area contributed by atoms with Crippen LogP contribution in [0.5, 0.6) is 0 Å². The maximum Gasteiger partial charge on any atom is 0.306 e. The number of halogens is 1. The van der Waals surface area contributed by atoms with Crippen LogP contribution in [-0.2, 0) is 11.2 Å². The Balaban J connectivity index is 2.35. The van der Waals surface area contributed by atoms with Gasteiger partial charge in [-0.15, -0.1) is 0 Å². The SMILES string of the molecule is CC(Cc1onc2cc(Br)ccc12)C(=O)O. The lowest BCUT2D eigenvalue weighted by atomic mass is 10.0. The van der Waals surface area contributed by atoms with Crippen LogP contribution in [-0.4, -0.2) is 16.2 Å². The van der Waals surface area contributed by atoms with Crippen molar-refractivity contribution in [2.24, 2.45) is 5.92 Å². The summed E-state index contributed by atoms with van der Waals surface area (Å²) in [5, 5.41) is 13.6. The second-order valence-corrected chi connectivity index (χ2v) is 4.63. The predicted octanol–water partition coefficient (Wildman–Crippen LogP) is 2.85. The van der Waals surface area contributed by atoms with Crippen LogP contribution in [0, 0.1) is 5.92 Å². The van der Waals surface area contributed by atoms with E-state index in [0.717, 1.165) is 15.4 Å². The topological polar surface area (TPSA) is 63.3 Å². The molecule has 1 heterocycles. The Morgan fingerprint density at radius 2 is 2.38 bits per heavy atom. The van der Waals surface area contributed by atoms with Crippen LogP contribution in [0.15, 0.2) is 27.2 Å². The van der Waals surface area contributed by atoms with Gasteiger partial charge >= 0.3 is 5.97 Å². The van der Waals surface area contributed by atoms with Crippen molar-refractivity contribution in [2.45, 2.75) is 13.3 Å². The summed E-state index contributed by atoms with van der Waals surface area (Å²) < 4.78 is 6.08. The summed E-state index contributed by atoms with van der Waals surface area (Å²) in [6.07, 6.45) is 0.355. The lowest BCUT2D eigenvalue weighted by Crippen LogP contribution is -2.11. The van der Waals surface area contributed by atoms with Crippen LogP contribution in [0.1, 0.15) is 12.7 Å². The first kappa shape index (κ1) is 11.1. The van der Waals surface area contributed by atoms with Gasteiger partial charge in [0.1, 0.15) is 11.3 Å². The molecule has 5 heteroatoms. The van der Waals surface area contributed by atoms with Gasteiger partial charge in [0, 0.05) is 16.3 Å². The van der Waals surface area contributed by atoms with Crippen LogP contribution in [0.25, 0.3) is 10.9 Å². The van der Waals surface area contributed by atoms with Gasteiger partial charge in [0.15, 0.2) is 0 Å². The predicted molar refractivity (Wildman–Crippen MR) is 62.2 cm³/mol. The van der Waals surface area contributed by atoms with E-state index in [1.54, 1.807) is 6.92 Å². The molecule has 0 aliphatic carbocycles. The number of carboxylic acid groups (broad SMARTS) is 1. The summed E-state index contributed by atoms with van der Waals surface area (Å²) >= 11 is 3.34. The molecule has 0 bridgehead atoms. The molecule has 0 amide bonds. The molecule has 4 nitrogen and oxygen atoms in total. The number of rotatable bonds is 3. The maximum atomic E-state index is 10.7. The van der Waals surface area contributed by atoms with Crippen molar-refractivity contribution in [3.63, 3.8) is 0 Å². The highest BCUT2D eigenvalue weighted by Gasteiger charge is 2.17. The summed E-state index contributed by atoms with van der Waals surface area (Å²) in [6, 6.07) is 5.60. The first-order valence-electron chi connectivity index (χ1n) is 4.84. The van der Waals surface area contributed by atoms with Gasteiger partial charge in [-0.2, -0.15) is 0 Å². The van der Waals surface area contributed by atoms with Gasteiger partial charge < -0.3 is 9.63 Å². The summed E-state index contributed by atoms with van der Waals surface area (Å²) in [4.78, 5) is 10.7. The van der Waals surface area contributed by atoms with Crippen molar-refractivity contribution in [1.29, 1.82) is 0 Å². The Hall–Kier alpha value is -1.36. The molecule has 0 fully saturated rings. The standard InChI is InChI=1S/C11H10BrNO3/c1-6(11(14)15)4-10-8-3-2-7(12)5-9(8)13-16-10/h2-3,5-6H,4H2,1H3,(H,14,15). The van der Waals surface area contributed by atoms with Gasteiger partial charge in [-0.3, -0.25) is 4.79 Å². The minimum Gasteiger partial charge on any atom is -0.481 e. The number of aliphatic carboxylic acids is 1. The highest BCUT2D eigenvalue weighted by Crippen LogP contribution is 2.24. The highest BCUT2D eigenvalue weighted by molar-refractivity contribution is 9.10. The average molecular weight is 284 g/mol. The molecule has 1 aromatic carbocycles. The Morgan fingerprint density at radius 3 is 3.06 bits per heavy atom. The minimum absolute atomic E-state index is 0.355. The van der Waals surface area contributed by atoms with Crippen LogP contribution in [0.3, 0.4) is 0 Å². The first-order valence-corrected chi connectivity index (χ1v) is 5.64. The largest absolute Gasteiger partial charge is 0.481 e. The quantitative estimate of drug-likeness (QED) is 0.941. The van der Waals surface area contributed by atoms with Gasteiger partial charge in [-0.25, -0.2) is 0 Å². The van der Waals surface area contributed by atoms with E-state index >= 15 is 0 Å². The number of hydrogen-bond donors (Lipinski definition) is 1. The fourth-order valence-corrected chi connectivity index (χ4v) is 1.83. The van der Waals surface area contributed by atoms with E-state index in [2.05, 4.69) is 21.1 Å². The van der Waals surface area contributed by atoms with Crippen molar-refractivity contribution in [2.75, 3.05) is 0 Å². The Bertz CT molecular complexity index is 535. The van der Waals surface area contributed by atoms with E-state index in [0.29, 0.717) is 12.2 Å². The molecule has 0 spiro atoms. The molecule has 1 atom stereocenters. The summed E-state index contributed by atoms with van der Waals surface area (Å²) in [6.45, 7) is 1.65. The lowest BCUT2D eigenvalue weighted by molar-refractivity contribution is -0.141. The van der Waals surface area contributed by atoms with Crippen LogP contribution in [0.2, 0.25) is 0 Å². The molecule has 0 radical (unpaired) electrons. The summed E-state index contributed by atoms with van der Waals surface area (Å²) in [7, 11) is 0. The third-order valence-corrected chi connectivity index (χ3v) is 2.92. The number of hydrogen-bond acceptors (Lipinski definition) is 3. The zero-order chi connectivity index (χ0) is 11.7. The molecule has 2 rings (SSSR count). The van der Waals surface area contributed by atoms with Gasteiger partial charge in [-0.05, 0) is 18.2 Å². The van der Waals surface area contributed by atoms with Crippen molar-refractivity contribution in [3.8, 4) is 0 Å². The number of carbonyl (C=O) groups is 1. The second kappa shape index (κ2) is 4.25. The monoisotopic (exact) mass is 283 g/mol. The zero-order valence-electron chi connectivity index (χ0n) is 8.61. The van der Waals surface area contributed by atoms with E-state index < -0.39 is 11.9 Å².